The molecule has 0 aromatic rings. The smallest absolute Gasteiger partial charge is 0.168 e. The Morgan fingerprint density at radius 3 is 2.92 bits per heavy atom. The third kappa shape index (κ3) is 2.63. The molecule has 1 fully saturated rings. The van der Waals surface area contributed by atoms with Gasteiger partial charge in [0.2, 0.25) is 0 Å². The monoisotopic (exact) mass is 186 g/mol. The van der Waals surface area contributed by atoms with Crippen LogP contribution in [0.1, 0.15) is 26.7 Å². The Morgan fingerprint density at radius 1 is 1.67 bits per heavy atom. The molecular formula is C9H18N2S. The molecule has 0 aliphatic carbocycles. The van der Waals surface area contributed by atoms with Crippen LogP contribution < -0.4 is 5.32 Å². The molecule has 3 heteroatoms. The Bertz CT molecular complexity index is 159. The van der Waals surface area contributed by atoms with Crippen LogP contribution in [0.4, 0.5) is 0 Å². The molecule has 0 amide bonds. The fraction of sp³-hybridized carbons (Fsp3) is 0.889. The van der Waals surface area contributed by atoms with Gasteiger partial charge in [0.1, 0.15) is 0 Å². The SMILES string of the molecule is CCCNC(=S)N1CCC(C)C1. The van der Waals surface area contributed by atoms with Gasteiger partial charge < -0.3 is 10.2 Å². The first-order chi connectivity index (χ1) is 5.74. The van der Waals surface area contributed by atoms with Gasteiger partial charge in [-0.1, -0.05) is 13.8 Å². The van der Waals surface area contributed by atoms with E-state index in [-0.39, 0.29) is 0 Å². The molecule has 1 aliphatic rings. The van der Waals surface area contributed by atoms with Gasteiger partial charge in [0.05, 0.1) is 0 Å². The van der Waals surface area contributed by atoms with E-state index in [0.29, 0.717) is 0 Å². The lowest BCUT2D eigenvalue weighted by Crippen LogP contribution is -2.38. The third-order valence-electron chi connectivity index (χ3n) is 2.24. The number of hydrogen-bond acceptors (Lipinski definition) is 1. The number of rotatable bonds is 2. The molecule has 1 heterocycles. The highest BCUT2D eigenvalue weighted by molar-refractivity contribution is 7.80. The van der Waals surface area contributed by atoms with Crippen LogP contribution in [-0.2, 0) is 0 Å². The van der Waals surface area contributed by atoms with Crippen molar-refractivity contribution in [3.05, 3.63) is 0 Å². The van der Waals surface area contributed by atoms with Gasteiger partial charge in [-0.3, -0.25) is 0 Å². The first kappa shape index (κ1) is 9.78. The van der Waals surface area contributed by atoms with Crippen LogP contribution in [0, 0.1) is 5.92 Å². The fourth-order valence-electron chi connectivity index (χ4n) is 1.46. The van der Waals surface area contributed by atoms with Crippen molar-refractivity contribution < 1.29 is 0 Å². The van der Waals surface area contributed by atoms with Gasteiger partial charge in [-0.25, -0.2) is 0 Å². The van der Waals surface area contributed by atoms with Crippen LogP contribution >= 0.6 is 12.2 Å². The molecule has 2 nitrogen and oxygen atoms in total. The summed E-state index contributed by atoms with van der Waals surface area (Å²) in [6.45, 7) is 7.71. The molecule has 0 bridgehead atoms. The fourth-order valence-corrected chi connectivity index (χ4v) is 1.73. The highest BCUT2D eigenvalue weighted by atomic mass is 32.1. The average molecular weight is 186 g/mol. The van der Waals surface area contributed by atoms with Crippen molar-refractivity contribution in [1.29, 1.82) is 0 Å². The van der Waals surface area contributed by atoms with Gasteiger partial charge in [0, 0.05) is 19.6 Å². The Morgan fingerprint density at radius 2 is 2.42 bits per heavy atom. The molecule has 70 valence electrons. The van der Waals surface area contributed by atoms with Crippen molar-refractivity contribution in [2.45, 2.75) is 26.7 Å². The maximum atomic E-state index is 5.25. The normalized spacial score (nSPS) is 22.8. The van der Waals surface area contributed by atoms with Crippen LogP contribution in [0.3, 0.4) is 0 Å². The van der Waals surface area contributed by atoms with Gasteiger partial charge in [-0.15, -0.1) is 0 Å². The summed E-state index contributed by atoms with van der Waals surface area (Å²) in [6.07, 6.45) is 2.43. The number of thiocarbonyl (C=S) groups is 1. The van der Waals surface area contributed by atoms with E-state index in [9.17, 15) is 0 Å². The Kier molecular flexibility index (Phi) is 3.79. The molecule has 0 aromatic heterocycles. The molecule has 1 unspecified atom stereocenters. The summed E-state index contributed by atoms with van der Waals surface area (Å²) in [5, 5.41) is 4.20. The van der Waals surface area contributed by atoms with Crippen molar-refractivity contribution in [3.63, 3.8) is 0 Å². The topological polar surface area (TPSA) is 15.3 Å². The van der Waals surface area contributed by atoms with Crippen LogP contribution in [-0.4, -0.2) is 29.6 Å². The first-order valence-electron chi connectivity index (χ1n) is 4.76. The van der Waals surface area contributed by atoms with Crippen LogP contribution in [0.5, 0.6) is 0 Å². The van der Waals surface area contributed by atoms with Gasteiger partial charge in [0.15, 0.2) is 5.11 Å². The Labute approximate surface area is 80.3 Å². The Hall–Kier alpha value is -0.310. The Balaban J connectivity index is 2.23. The van der Waals surface area contributed by atoms with Crippen LogP contribution in [0.15, 0.2) is 0 Å². The van der Waals surface area contributed by atoms with Gasteiger partial charge in [-0.05, 0) is 31.0 Å². The molecule has 1 N–H and O–H groups in total. The van der Waals surface area contributed by atoms with E-state index in [1.54, 1.807) is 0 Å². The zero-order valence-electron chi connectivity index (χ0n) is 7.97. The van der Waals surface area contributed by atoms with Crippen molar-refractivity contribution in [2.75, 3.05) is 19.6 Å². The van der Waals surface area contributed by atoms with Crippen molar-refractivity contribution in [2.24, 2.45) is 5.92 Å². The predicted octanol–water partition coefficient (Wildman–Crippen LogP) is 1.61. The molecule has 0 spiro atoms. The molecule has 1 rings (SSSR count). The summed E-state index contributed by atoms with van der Waals surface area (Å²) in [5.41, 5.74) is 0. The molecule has 1 aliphatic heterocycles. The summed E-state index contributed by atoms with van der Waals surface area (Å²) in [5.74, 6) is 0.811. The summed E-state index contributed by atoms with van der Waals surface area (Å²) in [6, 6.07) is 0. The van der Waals surface area contributed by atoms with E-state index in [1.807, 2.05) is 0 Å². The van der Waals surface area contributed by atoms with Crippen molar-refractivity contribution in [1.82, 2.24) is 10.2 Å². The quantitative estimate of drug-likeness (QED) is 0.660. The number of hydrogen-bond donors (Lipinski definition) is 1. The molecule has 0 radical (unpaired) electrons. The van der Waals surface area contributed by atoms with Gasteiger partial charge >= 0.3 is 0 Å². The zero-order chi connectivity index (χ0) is 8.97. The predicted molar refractivity (Wildman–Crippen MR) is 56.2 cm³/mol. The first-order valence-corrected chi connectivity index (χ1v) is 5.17. The number of nitrogens with one attached hydrogen (secondary N) is 1. The summed E-state index contributed by atoms with van der Waals surface area (Å²) >= 11 is 5.25. The lowest BCUT2D eigenvalue weighted by atomic mass is 10.2. The molecule has 0 saturated carbocycles. The summed E-state index contributed by atoms with van der Waals surface area (Å²) in [4.78, 5) is 2.27. The molecule has 0 aromatic carbocycles. The molecule has 1 saturated heterocycles. The third-order valence-corrected chi connectivity index (χ3v) is 2.64. The van der Waals surface area contributed by atoms with E-state index in [4.69, 9.17) is 12.2 Å². The van der Waals surface area contributed by atoms with Gasteiger partial charge in [0.25, 0.3) is 0 Å². The van der Waals surface area contributed by atoms with E-state index in [0.717, 1.165) is 37.1 Å². The van der Waals surface area contributed by atoms with E-state index < -0.39 is 0 Å². The number of likely N-dealkylation sites (tertiary alicyclic amines) is 1. The molecule has 1 atom stereocenters. The minimum absolute atomic E-state index is 0.811. The van der Waals surface area contributed by atoms with Crippen molar-refractivity contribution >= 4 is 17.3 Å². The van der Waals surface area contributed by atoms with Crippen LogP contribution in [0.2, 0.25) is 0 Å². The standard InChI is InChI=1S/C9H18N2S/c1-3-5-10-9(12)11-6-4-8(2)7-11/h8H,3-7H2,1-2H3,(H,10,12). The molecular weight excluding hydrogens is 168 g/mol. The van der Waals surface area contributed by atoms with Crippen LogP contribution in [0.25, 0.3) is 0 Å². The maximum absolute atomic E-state index is 5.25. The second kappa shape index (κ2) is 4.65. The lowest BCUT2D eigenvalue weighted by molar-refractivity contribution is 0.484. The van der Waals surface area contributed by atoms with E-state index >= 15 is 0 Å². The average Bonchev–Trinajstić information content (AvgIpc) is 2.47. The lowest BCUT2D eigenvalue weighted by Gasteiger charge is -2.19. The van der Waals surface area contributed by atoms with Gasteiger partial charge in [-0.2, -0.15) is 0 Å². The van der Waals surface area contributed by atoms with E-state index in [2.05, 4.69) is 24.1 Å². The highest BCUT2D eigenvalue weighted by Crippen LogP contribution is 2.14. The minimum atomic E-state index is 0.811. The maximum Gasteiger partial charge on any atom is 0.168 e. The second-order valence-corrected chi connectivity index (χ2v) is 3.96. The summed E-state index contributed by atoms with van der Waals surface area (Å²) in [7, 11) is 0. The minimum Gasteiger partial charge on any atom is -0.363 e. The summed E-state index contributed by atoms with van der Waals surface area (Å²) < 4.78 is 0. The van der Waals surface area contributed by atoms with Crippen molar-refractivity contribution in [3.8, 4) is 0 Å². The zero-order valence-corrected chi connectivity index (χ0v) is 8.78. The molecule has 12 heavy (non-hydrogen) atoms. The largest absolute Gasteiger partial charge is 0.363 e. The second-order valence-electron chi connectivity index (χ2n) is 3.57. The highest BCUT2D eigenvalue weighted by Gasteiger charge is 2.19. The number of nitrogens with zero attached hydrogens (tertiary/aromatic N) is 1. The van der Waals surface area contributed by atoms with E-state index in [1.165, 1.54) is 6.42 Å².